The number of nitriles is 1. The average molecular weight is 398 g/mol. The molecule has 0 fully saturated rings. The van der Waals surface area contributed by atoms with Gasteiger partial charge in [-0.25, -0.2) is 0 Å². The van der Waals surface area contributed by atoms with Crippen LogP contribution in [0.3, 0.4) is 0 Å². The van der Waals surface area contributed by atoms with Gasteiger partial charge in [0.2, 0.25) is 11.7 Å². The fourth-order valence-corrected chi connectivity index (χ4v) is 4.54. The van der Waals surface area contributed by atoms with Crippen molar-refractivity contribution in [2.24, 2.45) is 0 Å². The number of carbonyl (C=O) groups is 1. The Labute approximate surface area is 168 Å². The van der Waals surface area contributed by atoms with Crippen molar-refractivity contribution < 1.29 is 19.0 Å². The first-order chi connectivity index (χ1) is 13.6. The highest BCUT2D eigenvalue weighted by molar-refractivity contribution is 7.16. The highest BCUT2D eigenvalue weighted by atomic mass is 32.1. The van der Waals surface area contributed by atoms with Crippen LogP contribution in [-0.4, -0.2) is 27.2 Å². The third-order valence-corrected chi connectivity index (χ3v) is 5.84. The van der Waals surface area contributed by atoms with E-state index in [0.29, 0.717) is 27.8 Å². The van der Waals surface area contributed by atoms with E-state index in [4.69, 9.17) is 14.2 Å². The van der Waals surface area contributed by atoms with E-state index < -0.39 is 0 Å². The van der Waals surface area contributed by atoms with Gasteiger partial charge in [-0.2, -0.15) is 5.26 Å². The summed E-state index contributed by atoms with van der Waals surface area (Å²) >= 11 is 1.51. The molecule has 1 heterocycles. The summed E-state index contributed by atoms with van der Waals surface area (Å²) < 4.78 is 16.0. The Morgan fingerprint density at radius 3 is 2.43 bits per heavy atom. The summed E-state index contributed by atoms with van der Waals surface area (Å²) in [6.45, 7) is 0. The number of aryl methyl sites for hydroxylation is 1. The van der Waals surface area contributed by atoms with E-state index in [-0.39, 0.29) is 5.91 Å². The molecule has 2 aromatic rings. The number of nitrogens with zero attached hydrogens (tertiary/aromatic N) is 1. The number of fused-ring (bicyclic) bond motifs is 1. The first-order valence-corrected chi connectivity index (χ1v) is 9.76. The maximum Gasteiger partial charge on any atom is 0.249 e. The summed E-state index contributed by atoms with van der Waals surface area (Å²) in [4.78, 5) is 13.6. The molecule has 0 spiro atoms. The van der Waals surface area contributed by atoms with Gasteiger partial charge in [0.15, 0.2) is 11.5 Å². The Morgan fingerprint density at radius 1 is 1.14 bits per heavy atom. The molecule has 0 saturated carbocycles. The van der Waals surface area contributed by atoms with Crippen molar-refractivity contribution in [3.63, 3.8) is 0 Å². The highest BCUT2D eigenvalue weighted by Gasteiger charge is 2.21. The molecule has 0 bridgehead atoms. The molecule has 1 aliphatic rings. The van der Waals surface area contributed by atoms with Crippen LogP contribution < -0.4 is 19.5 Å². The summed E-state index contributed by atoms with van der Waals surface area (Å²) in [6, 6.07) is 5.77. The van der Waals surface area contributed by atoms with Crippen LogP contribution in [0.4, 0.5) is 5.00 Å². The lowest BCUT2D eigenvalue weighted by Gasteiger charge is -2.12. The monoisotopic (exact) mass is 398 g/mol. The van der Waals surface area contributed by atoms with Gasteiger partial charge >= 0.3 is 0 Å². The van der Waals surface area contributed by atoms with Gasteiger partial charge in [-0.05, 0) is 55.0 Å². The molecule has 0 radical (unpaired) electrons. The van der Waals surface area contributed by atoms with E-state index in [1.54, 1.807) is 32.4 Å². The first kappa shape index (κ1) is 19.8. The van der Waals surface area contributed by atoms with E-state index in [9.17, 15) is 10.1 Å². The van der Waals surface area contributed by atoms with E-state index in [1.807, 2.05) is 0 Å². The fourth-order valence-electron chi connectivity index (χ4n) is 3.30. The maximum atomic E-state index is 12.4. The average Bonchev–Trinajstić information content (AvgIpc) is 3.07. The summed E-state index contributed by atoms with van der Waals surface area (Å²) in [6.07, 6.45) is 7.21. The minimum Gasteiger partial charge on any atom is -0.493 e. The largest absolute Gasteiger partial charge is 0.493 e. The number of hydrogen-bond acceptors (Lipinski definition) is 6. The molecule has 0 saturated heterocycles. The smallest absolute Gasteiger partial charge is 0.249 e. The molecule has 0 atom stereocenters. The van der Waals surface area contributed by atoms with Crippen molar-refractivity contribution >= 4 is 28.3 Å². The summed E-state index contributed by atoms with van der Waals surface area (Å²) in [5.41, 5.74) is 2.44. The Kier molecular flexibility index (Phi) is 6.22. The van der Waals surface area contributed by atoms with Gasteiger partial charge in [-0.3, -0.25) is 4.79 Å². The van der Waals surface area contributed by atoms with Gasteiger partial charge in [0.1, 0.15) is 11.1 Å². The standard InChI is InChI=1S/C21H22N2O4S/c1-25-16-10-13(11-17(26-2)20(16)27-3)8-9-19(24)23-21-15(12-22)14-6-4-5-7-18(14)28-21/h8-11H,4-7H2,1-3H3,(H,23,24)/b9-8-. The van der Waals surface area contributed by atoms with Crippen LogP contribution in [0.15, 0.2) is 18.2 Å². The topological polar surface area (TPSA) is 80.6 Å². The van der Waals surface area contributed by atoms with Gasteiger partial charge in [0.05, 0.1) is 26.9 Å². The molecule has 1 aliphatic carbocycles. The zero-order valence-corrected chi connectivity index (χ0v) is 16.9. The first-order valence-electron chi connectivity index (χ1n) is 8.95. The van der Waals surface area contributed by atoms with Gasteiger partial charge in [-0.1, -0.05) is 0 Å². The summed E-state index contributed by atoms with van der Waals surface area (Å²) in [5, 5.41) is 13.0. The number of methoxy groups -OCH3 is 3. The van der Waals surface area contributed by atoms with Gasteiger partial charge in [-0.15, -0.1) is 11.3 Å². The second-order valence-corrected chi connectivity index (χ2v) is 7.41. The van der Waals surface area contributed by atoms with Crippen molar-refractivity contribution in [1.82, 2.24) is 0 Å². The second kappa shape index (κ2) is 8.81. The lowest BCUT2D eigenvalue weighted by molar-refractivity contribution is -0.111. The van der Waals surface area contributed by atoms with E-state index in [1.165, 1.54) is 29.4 Å². The zero-order valence-electron chi connectivity index (χ0n) is 16.1. The zero-order chi connectivity index (χ0) is 20.1. The van der Waals surface area contributed by atoms with E-state index in [2.05, 4.69) is 11.4 Å². The number of amides is 1. The van der Waals surface area contributed by atoms with Crippen molar-refractivity contribution in [1.29, 1.82) is 5.26 Å². The number of ether oxygens (including phenoxy) is 3. The van der Waals surface area contributed by atoms with E-state index >= 15 is 0 Å². The Morgan fingerprint density at radius 2 is 1.82 bits per heavy atom. The highest BCUT2D eigenvalue weighted by Crippen LogP contribution is 2.39. The molecule has 0 unspecified atom stereocenters. The van der Waals surface area contributed by atoms with Crippen LogP contribution in [0.1, 0.15) is 34.4 Å². The Bertz CT molecular complexity index is 931. The molecule has 3 rings (SSSR count). The van der Waals surface area contributed by atoms with Crippen molar-refractivity contribution in [2.75, 3.05) is 26.6 Å². The quantitative estimate of drug-likeness (QED) is 0.739. The second-order valence-electron chi connectivity index (χ2n) is 6.31. The molecular formula is C21H22N2O4S. The normalized spacial score (nSPS) is 12.9. The summed E-state index contributed by atoms with van der Waals surface area (Å²) in [7, 11) is 4.62. The number of carbonyl (C=O) groups excluding carboxylic acids is 1. The van der Waals surface area contributed by atoms with Crippen LogP contribution in [0.5, 0.6) is 17.2 Å². The van der Waals surface area contributed by atoms with E-state index in [0.717, 1.165) is 36.8 Å². The van der Waals surface area contributed by atoms with Gasteiger partial charge in [0.25, 0.3) is 0 Å². The molecule has 6 nitrogen and oxygen atoms in total. The van der Waals surface area contributed by atoms with Gasteiger partial charge < -0.3 is 19.5 Å². The molecule has 1 aromatic carbocycles. The molecule has 0 aliphatic heterocycles. The third-order valence-electron chi connectivity index (χ3n) is 4.63. The number of anilines is 1. The molecule has 146 valence electrons. The number of rotatable bonds is 6. The fraction of sp³-hybridized carbons (Fsp3) is 0.333. The Balaban J connectivity index is 1.80. The molecular weight excluding hydrogens is 376 g/mol. The van der Waals surface area contributed by atoms with Crippen LogP contribution in [-0.2, 0) is 17.6 Å². The number of thiophene rings is 1. The Hall–Kier alpha value is -2.98. The number of nitrogens with one attached hydrogen (secondary N) is 1. The minimum atomic E-state index is -0.288. The predicted molar refractivity (Wildman–Crippen MR) is 109 cm³/mol. The molecule has 7 heteroatoms. The van der Waals surface area contributed by atoms with Gasteiger partial charge in [0, 0.05) is 11.0 Å². The maximum absolute atomic E-state index is 12.4. The lowest BCUT2D eigenvalue weighted by atomic mass is 9.96. The predicted octanol–water partition coefficient (Wildman–Crippen LogP) is 4.18. The van der Waals surface area contributed by atoms with Crippen LogP contribution in [0.25, 0.3) is 6.08 Å². The molecule has 28 heavy (non-hydrogen) atoms. The summed E-state index contributed by atoms with van der Waals surface area (Å²) in [5.74, 6) is 1.23. The van der Waals surface area contributed by atoms with Crippen LogP contribution in [0, 0.1) is 11.3 Å². The van der Waals surface area contributed by atoms with Crippen LogP contribution >= 0.6 is 11.3 Å². The third kappa shape index (κ3) is 3.97. The number of hydrogen-bond donors (Lipinski definition) is 1. The molecule has 1 N–H and O–H groups in total. The van der Waals surface area contributed by atoms with Crippen molar-refractivity contribution in [3.8, 4) is 23.3 Å². The lowest BCUT2D eigenvalue weighted by Crippen LogP contribution is -2.08. The SMILES string of the molecule is COc1cc(/C=C\C(=O)Nc2sc3c(c2C#N)CCCC3)cc(OC)c1OC. The van der Waals surface area contributed by atoms with Crippen LogP contribution in [0.2, 0.25) is 0 Å². The minimum absolute atomic E-state index is 0.288. The van der Waals surface area contributed by atoms with Crippen molar-refractivity contribution in [3.05, 3.63) is 39.8 Å². The molecule has 1 amide bonds. The number of benzene rings is 1. The molecule has 1 aromatic heterocycles. The van der Waals surface area contributed by atoms with Crippen molar-refractivity contribution in [2.45, 2.75) is 25.7 Å².